The van der Waals surface area contributed by atoms with Crippen LogP contribution in [0, 0.1) is 19.6 Å². The van der Waals surface area contributed by atoms with E-state index in [1.54, 1.807) is 0 Å². The van der Waals surface area contributed by atoms with Gasteiger partial charge in [0, 0.05) is 6.20 Å². The van der Waals surface area contributed by atoms with Crippen LogP contribution >= 0.6 is 0 Å². The van der Waals surface area contributed by atoms with Gasteiger partial charge in [-0.3, -0.25) is 6.58 Å². The second kappa shape index (κ2) is 9.34. The number of hydrogen-bond acceptors (Lipinski definition) is 1. The summed E-state index contributed by atoms with van der Waals surface area (Å²) in [5.74, 6) is 0. The molecular weight excluding hydrogens is 460 g/mol. The predicted molar refractivity (Wildman–Crippen MR) is 95.7 cm³/mol. The molecule has 1 aromatic carbocycles. The van der Waals surface area contributed by atoms with Crippen LogP contribution in [-0.2, 0) is 25.5 Å². The number of fused-ring (bicyclic) bond motifs is 1. The van der Waals surface area contributed by atoms with Crippen molar-refractivity contribution in [2.45, 2.75) is 26.2 Å². The fourth-order valence-corrected chi connectivity index (χ4v) is 2.42. The number of benzene rings is 1. The Morgan fingerprint density at radius 3 is 2.48 bits per heavy atom. The zero-order valence-electron chi connectivity index (χ0n) is 13.8. The zero-order valence-corrected chi connectivity index (χ0v) is 16.2. The third kappa shape index (κ3) is 4.82. The van der Waals surface area contributed by atoms with Crippen molar-refractivity contribution in [1.29, 1.82) is 0 Å². The topological polar surface area (TPSA) is 35.2 Å². The molecule has 0 aliphatic heterocycles. The molecule has 0 N–H and O–H groups in total. The summed E-state index contributed by atoms with van der Waals surface area (Å²) in [6, 6.07) is 11.8. The smallest absolute Gasteiger partial charge is 0.817 e. The quantitative estimate of drug-likeness (QED) is 0.416. The number of hydrogen-bond donors (Lipinski definition) is 0. The summed E-state index contributed by atoms with van der Waals surface area (Å²) in [4.78, 5) is 4.42. The maximum atomic E-state index is 6.75. The largest absolute Gasteiger partial charge is 3.00 e. The summed E-state index contributed by atoms with van der Waals surface area (Å²) in [5, 5.41) is 6.75. The summed E-state index contributed by atoms with van der Waals surface area (Å²) in [5.41, 5.74) is 6.06. The van der Waals surface area contributed by atoms with Crippen molar-refractivity contribution in [3.63, 3.8) is 0 Å². The van der Waals surface area contributed by atoms with Gasteiger partial charge < -0.3 is 17.0 Å². The molecule has 3 heteroatoms. The van der Waals surface area contributed by atoms with Crippen LogP contribution in [0.4, 0.5) is 0 Å². The van der Waals surface area contributed by atoms with E-state index in [1.807, 2.05) is 12.3 Å². The van der Waals surface area contributed by atoms with Crippen LogP contribution in [0.15, 0.2) is 43.1 Å². The van der Waals surface area contributed by atoms with Gasteiger partial charge in [-0.2, -0.15) is 0 Å². The molecule has 0 spiro atoms. The number of pyridine rings is 1. The van der Waals surface area contributed by atoms with Gasteiger partial charge in [-0.15, -0.1) is 34.9 Å². The summed E-state index contributed by atoms with van der Waals surface area (Å²) in [7, 11) is 0. The van der Waals surface area contributed by atoms with Crippen molar-refractivity contribution in [1.82, 2.24) is 4.98 Å². The first-order valence-corrected chi connectivity index (χ1v) is 6.97. The van der Waals surface area contributed by atoms with E-state index in [4.69, 9.17) is 5.41 Å². The first-order chi connectivity index (χ1) is 10.6. The Hall–Kier alpha value is -1.83. The molecular formula is C20H21IrN2. The Morgan fingerprint density at radius 1 is 1.22 bits per heavy atom. The van der Waals surface area contributed by atoms with Gasteiger partial charge in [0.15, 0.2) is 0 Å². The van der Waals surface area contributed by atoms with E-state index in [2.05, 4.69) is 82.0 Å². The molecule has 0 radical (unpaired) electrons. The zero-order chi connectivity index (χ0) is 16.8. The fraction of sp³-hybridized carbons (Fsp3) is 0.200. The van der Waals surface area contributed by atoms with E-state index in [1.165, 1.54) is 16.7 Å². The maximum absolute atomic E-state index is 6.75. The monoisotopic (exact) mass is 482 g/mol. The molecule has 0 atom stereocenters. The average molecular weight is 482 g/mol. The number of rotatable bonds is 1. The minimum Gasteiger partial charge on any atom is -0.817 e. The molecule has 0 saturated carbocycles. The first kappa shape index (κ1) is 21.2. The van der Waals surface area contributed by atoms with Gasteiger partial charge in [0.25, 0.3) is 0 Å². The minimum atomic E-state index is 0. The van der Waals surface area contributed by atoms with E-state index in [-0.39, 0.29) is 25.5 Å². The number of aryl methyl sites for hydroxylation is 1. The molecule has 2 nitrogen and oxygen atoms in total. The molecule has 0 bridgehead atoms. The van der Waals surface area contributed by atoms with Crippen molar-refractivity contribution < 1.29 is 20.1 Å². The second-order valence-electron chi connectivity index (χ2n) is 5.49. The van der Waals surface area contributed by atoms with E-state index >= 15 is 0 Å². The van der Waals surface area contributed by atoms with Gasteiger partial charge >= 0.3 is 20.1 Å². The van der Waals surface area contributed by atoms with E-state index in [9.17, 15) is 0 Å². The van der Waals surface area contributed by atoms with Crippen LogP contribution in [0.2, 0.25) is 0 Å². The SMILES string of the molecule is C=[N-].Cc1ccnc(-c2[c-]cc3c(c2)C=CC3(C)C)c1.[CH-]=C.[Ir+3]. The van der Waals surface area contributed by atoms with Gasteiger partial charge in [0.05, 0.1) is 0 Å². The van der Waals surface area contributed by atoms with Crippen molar-refractivity contribution in [3.05, 3.63) is 77.9 Å². The Labute approximate surface area is 153 Å². The fourth-order valence-electron chi connectivity index (χ4n) is 2.42. The van der Waals surface area contributed by atoms with Crippen LogP contribution in [0.3, 0.4) is 0 Å². The van der Waals surface area contributed by atoms with E-state index < -0.39 is 0 Å². The first-order valence-electron chi connectivity index (χ1n) is 6.97. The molecule has 1 aromatic heterocycles. The normalized spacial score (nSPS) is 12.7. The number of aromatic nitrogens is 1. The average Bonchev–Trinajstić information content (AvgIpc) is 2.86. The molecule has 1 aliphatic carbocycles. The molecule has 1 heterocycles. The Bertz CT molecular complexity index is 673. The summed E-state index contributed by atoms with van der Waals surface area (Å²) < 4.78 is 0. The second-order valence-corrected chi connectivity index (χ2v) is 5.49. The summed E-state index contributed by atoms with van der Waals surface area (Å²) >= 11 is 0. The van der Waals surface area contributed by atoms with Gasteiger partial charge in [-0.05, 0) is 24.1 Å². The molecule has 0 fully saturated rings. The number of allylic oxidation sites excluding steroid dienone is 1. The maximum Gasteiger partial charge on any atom is 3.00 e. The van der Waals surface area contributed by atoms with Gasteiger partial charge in [-0.25, -0.2) is 6.72 Å². The molecule has 2 aromatic rings. The Morgan fingerprint density at radius 2 is 1.87 bits per heavy atom. The summed E-state index contributed by atoms with van der Waals surface area (Å²) in [6.45, 7) is 15.8. The third-order valence-corrected chi connectivity index (χ3v) is 3.55. The van der Waals surface area contributed by atoms with Crippen molar-refractivity contribution in [2.75, 3.05) is 0 Å². The molecule has 1 aliphatic rings. The van der Waals surface area contributed by atoms with Crippen LogP contribution < -0.4 is 0 Å². The molecule has 120 valence electrons. The van der Waals surface area contributed by atoms with E-state index in [0.717, 1.165) is 11.3 Å². The van der Waals surface area contributed by atoms with Gasteiger partial charge in [0.1, 0.15) is 0 Å². The van der Waals surface area contributed by atoms with Crippen LogP contribution in [-0.4, -0.2) is 11.7 Å². The van der Waals surface area contributed by atoms with Gasteiger partial charge in [0.2, 0.25) is 0 Å². The van der Waals surface area contributed by atoms with Crippen molar-refractivity contribution >= 4 is 12.8 Å². The third-order valence-electron chi connectivity index (χ3n) is 3.55. The number of nitrogens with zero attached hydrogens (tertiary/aromatic N) is 2. The minimum absolute atomic E-state index is 0. The molecule has 0 saturated heterocycles. The molecule has 3 rings (SSSR count). The molecule has 23 heavy (non-hydrogen) atoms. The molecule has 0 amide bonds. The standard InChI is InChI=1S/C17H16N.C2H3.CH2N.Ir/c1-12-7-9-18-16(10-12)14-4-5-15-13(11-14)6-8-17(15,2)3;2*1-2;/h5-11H,1-3H3;1H,2H2;1H2;/q3*-1;+3. The van der Waals surface area contributed by atoms with E-state index in [0.29, 0.717) is 0 Å². The van der Waals surface area contributed by atoms with Crippen molar-refractivity contribution in [3.8, 4) is 11.3 Å². The predicted octanol–water partition coefficient (Wildman–Crippen LogP) is 5.02. The molecule has 0 unspecified atom stereocenters. The van der Waals surface area contributed by atoms with Crippen LogP contribution in [0.25, 0.3) is 22.7 Å². The van der Waals surface area contributed by atoms with Crippen LogP contribution in [0.1, 0.15) is 30.5 Å². The summed E-state index contributed by atoms with van der Waals surface area (Å²) in [6.07, 6.45) is 6.30. The van der Waals surface area contributed by atoms with Crippen LogP contribution in [0.5, 0.6) is 0 Å². The Kier molecular flexibility index (Phi) is 8.60. The Balaban J connectivity index is 0.000000901. The van der Waals surface area contributed by atoms with Gasteiger partial charge in [-0.1, -0.05) is 37.6 Å². The van der Waals surface area contributed by atoms with Crippen molar-refractivity contribution in [2.24, 2.45) is 0 Å².